The van der Waals surface area contributed by atoms with Gasteiger partial charge in [0.15, 0.2) is 5.13 Å². The molecule has 0 saturated carbocycles. The van der Waals surface area contributed by atoms with Crippen molar-refractivity contribution in [3.8, 4) is 0 Å². The highest BCUT2D eigenvalue weighted by Gasteiger charge is 2.22. The van der Waals surface area contributed by atoms with Gasteiger partial charge in [-0.05, 0) is 24.8 Å². The van der Waals surface area contributed by atoms with Gasteiger partial charge >= 0.3 is 6.03 Å². The number of H-pyrrole nitrogens is 1. The third-order valence-corrected chi connectivity index (χ3v) is 5.05. The second kappa shape index (κ2) is 5.69. The minimum atomic E-state index is -0.191. The average Bonchev–Trinajstić information content (AvgIpc) is 3.11. The normalized spacial score (nSPS) is 20.1. The van der Waals surface area contributed by atoms with Crippen LogP contribution in [0.4, 0.5) is 9.93 Å². The van der Waals surface area contributed by atoms with Gasteiger partial charge in [0, 0.05) is 18.2 Å². The zero-order chi connectivity index (χ0) is 14.9. The topological polar surface area (TPSA) is 91.9 Å². The van der Waals surface area contributed by atoms with Crippen LogP contribution in [-0.2, 0) is 30.6 Å². The number of carbonyl (C=O) groups is 1. The fourth-order valence-corrected chi connectivity index (χ4v) is 3.88. The van der Waals surface area contributed by atoms with E-state index in [9.17, 15) is 4.79 Å². The van der Waals surface area contributed by atoms with E-state index in [-0.39, 0.29) is 12.1 Å². The molecular formula is C14H17N5O2S. The van der Waals surface area contributed by atoms with Gasteiger partial charge in [-0.15, -0.1) is 0 Å². The number of anilines is 1. The zero-order valence-electron chi connectivity index (χ0n) is 12.0. The first-order valence-corrected chi connectivity index (χ1v) is 8.24. The lowest BCUT2D eigenvalue weighted by Gasteiger charge is -2.22. The number of nitrogens with zero attached hydrogens (tertiary/aromatic N) is 2. The number of rotatable bonds is 2. The number of amides is 2. The van der Waals surface area contributed by atoms with Gasteiger partial charge < -0.3 is 10.1 Å². The van der Waals surface area contributed by atoms with Gasteiger partial charge in [-0.25, -0.2) is 9.78 Å². The lowest BCUT2D eigenvalue weighted by atomic mass is 9.94. The van der Waals surface area contributed by atoms with E-state index in [0.29, 0.717) is 18.3 Å². The molecule has 0 unspecified atom stereocenters. The van der Waals surface area contributed by atoms with Gasteiger partial charge in [0.1, 0.15) is 0 Å². The van der Waals surface area contributed by atoms with E-state index < -0.39 is 0 Å². The molecule has 2 aromatic heterocycles. The van der Waals surface area contributed by atoms with Gasteiger partial charge in [-0.1, -0.05) is 11.3 Å². The second-order valence-electron chi connectivity index (χ2n) is 5.60. The van der Waals surface area contributed by atoms with Crippen LogP contribution in [0.2, 0.25) is 0 Å². The Kier molecular flexibility index (Phi) is 3.55. The summed E-state index contributed by atoms with van der Waals surface area (Å²) in [5, 5.41) is 13.6. The maximum atomic E-state index is 12.1. The molecule has 0 aromatic carbocycles. The van der Waals surface area contributed by atoms with Crippen LogP contribution in [0.1, 0.15) is 28.2 Å². The third kappa shape index (κ3) is 2.71. The summed E-state index contributed by atoms with van der Waals surface area (Å²) in [4.78, 5) is 17.7. The number of hydrogen-bond donors (Lipinski definition) is 3. The number of hydrogen-bond acceptors (Lipinski definition) is 5. The van der Waals surface area contributed by atoms with Crippen LogP contribution >= 0.6 is 11.3 Å². The van der Waals surface area contributed by atoms with Crippen LogP contribution in [0.5, 0.6) is 0 Å². The summed E-state index contributed by atoms with van der Waals surface area (Å²) < 4.78 is 5.39. The quantitative estimate of drug-likeness (QED) is 0.784. The van der Waals surface area contributed by atoms with Gasteiger partial charge in [-0.2, -0.15) is 5.10 Å². The van der Waals surface area contributed by atoms with Crippen molar-refractivity contribution in [1.29, 1.82) is 0 Å². The molecule has 1 aliphatic carbocycles. The number of thiazole rings is 1. The highest BCUT2D eigenvalue weighted by Crippen LogP contribution is 2.27. The summed E-state index contributed by atoms with van der Waals surface area (Å²) in [6.07, 6.45) is 5.33. The Bertz CT molecular complexity index is 672. The zero-order valence-corrected chi connectivity index (χ0v) is 12.8. The molecule has 3 N–H and O–H groups in total. The first-order valence-electron chi connectivity index (χ1n) is 7.43. The molecule has 0 spiro atoms. The molecular weight excluding hydrogens is 302 g/mol. The predicted molar refractivity (Wildman–Crippen MR) is 82.0 cm³/mol. The van der Waals surface area contributed by atoms with Crippen molar-refractivity contribution in [1.82, 2.24) is 20.5 Å². The number of aromatic amines is 1. The monoisotopic (exact) mass is 319 g/mol. The Morgan fingerprint density at radius 2 is 2.41 bits per heavy atom. The minimum absolute atomic E-state index is 0.142. The van der Waals surface area contributed by atoms with Gasteiger partial charge in [0.2, 0.25) is 0 Å². The van der Waals surface area contributed by atoms with Crippen molar-refractivity contribution in [2.45, 2.75) is 38.3 Å². The van der Waals surface area contributed by atoms with Gasteiger partial charge in [0.25, 0.3) is 0 Å². The maximum absolute atomic E-state index is 12.1. The molecule has 0 bridgehead atoms. The van der Waals surface area contributed by atoms with Crippen LogP contribution in [0, 0.1) is 0 Å². The molecule has 2 amide bonds. The highest BCUT2D eigenvalue weighted by molar-refractivity contribution is 7.15. The molecule has 7 nitrogen and oxygen atoms in total. The Morgan fingerprint density at radius 1 is 1.45 bits per heavy atom. The molecule has 22 heavy (non-hydrogen) atoms. The van der Waals surface area contributed by atoms with Crippen molar-refractivity contribution >= 4 is 22.5 Å². The number of nitrogens with one attached hydrogen (secondary N) is 3. The highest BCUT2D eigenvalue weighted by atomic mass is 32.1. The van der Waals surface area contributed by atoms with Crippen molar-refractivity contribution in [2.75, 3.05) is 11.9 Å². The minimum Gasteiger partial charge on any atom is -0.375 e. The van der Waals surface area contributed by atoms with E-state index in [2.05, 4.69) is 25.8 Å². The Morgan fingerprint density at radius 3 is 3.32 bits per heavy atom. The number of aryl methyl sites for hydroxylation is 1. The first-order chi connectivity index (χ1) is 10.8. The maximum Gasteiger partial charge on any atom is 0.321 e. The number of carbonyl (C=O) groups excluding carboxylic acids is 1. The van der Waals surface area contributed by atoms with E-state index in [1.54, 1.807) is 0 Å². The van der Waals surface area contributed by atoms with E-state index in [1.165, 1.54) is 22.6 Å². The van der Waals surface area contributed by atoms with E-state index in [0.717, 1.165) is 36.3 Å². The molecule has 116 valence electrons. The third-order valence-electron chi connectivity index (χ3n) is 4.07. The summed E-state index contributed by atoms with van der Waals surface area (Å²) in [5.74, 6) is 0. The molecule has 4 rings (SSSR count). The molecule has 1 atom stereocenters. The largest absolute Gasteiger partial charge is 0.375 e. The van der Waals surface area contributed by atoms with Gasteiger partial charge in [-0.3, -0.25) is 10.4 Å². The number of urea groups is 1. The predicted octanol–water partition coefficient (Wildman–Crippen LogP) is 1.62. The molecule has 1 aliphatic heterocycles. The van der Waals surface area contributed by atoms with E-state index in [1.807, 2.05) is 6.20 Å². The molecule has 8 heteroatoms. The Labute approximate surface area is 131 Å². The van der Waals surface area contributed by atoms with Crippen LogP contribution < -0.4 is 10.6 Å². The fourth-order valence-electron chi connectivity index (χ4n) is 2.94. The van der Waals surface area contributed by atoms with Crippen molar-refractivity contribution in [2.24, 2.45) is 0 Å². The summed E-state index contributed by atoms with van der Waals surface area (Å²) in [5.41, 5.74) is 3.43. The van der Waals surface area contributed by atoms with Crippen LogP contribution in [-0.4, -0.2) is 33.9 Å². The van der Waals surface area contributed by atoms with Crippen LogP contribution in [0.15, 0.2) is 6.20 Å². The standard InChI is InChI=1S/C14H17N5O2S/c20-13(16-9-1-2-10-8(5-9)6-15-19-10)18-14-17-11-3-4-21-7-12(11)22-14/h6,9H,1-5,7H2,(H,15,19)(H2,16,17,18,20)/t9-/m0/s1. The summed E-state index contributed by atoms with van der Waals surface area (Å²) >= 11 is 1.49. The summed E-state index contributed by atoms with van der Waals surface area (Å²) in [6.45, 7) is 1.31. The van der Waals surface area contributed by atoms with Gasteiger partial charge in [0.05, 0.1) is 30.0 Å². The Balaban J connectivity index is 1.36. The second-order valence-corrected chi connectivity index (χ2v) is 6.69. The molecule has 2 aromatic rings. The van der Waals surface area contributed by atoms with Crippen molar-refractivity contribution < 1.29 is 9.53 Å². The SMILES string of the molecule is O=C(Nc1nc2c(s1)COCC2)N[C@H]1CCc2[nH]ncc2C1. The average molecular weight is 319 g/mol. The number of fused-ring (bicyclic) bond motifs is 2. The first kappa shape index (κ1) is 13.7. The Hall–Kier alpha value is -1.93. The molecule has 2 aliphatic rings. The molecule has 0 radical (unpaired) electrons. The fraction of sp³-hybridized carbons (Fsp3) is 0.500. The lowest BCUT2D eigenvalue weighted by molar-refractivity contribution is 0.112. The smallest absolute Gasteiger partial charge is 0.321 e. The molecule has 0 saturated heterocycles. The van der Waals surface area contributed by atoms with Crippen LogP contribution in [0.25, 0.3) is 0 Å². The van der Waals surface area contributed by atoms with Crippen molar-refractivity contribution in [3.05, 3.63) is 28.0 Å². The van der Waals surface area contributed by atoms with E-state index in [4.69, 9.17) is 4.74 Å². The van der Waals surface area contributed by atoms with Crippen LogP contribution in [0.3, 0.4) is 0 Å². The van der Waals surface area contributed by atoms with Crippen molar-refractivity contribution in [3.63, 3.8) is 0 Å². The summed E-state index contributed by atoms with van der Waals surface area (Å²) in [7, 11) is 0. The molecule has 3 heterocycles. The lowest BCUT2D eigenvalue weighted by Crippen LogP contribution is -2.41. The summed E-state index contributed by atoms with van der Waals surface area (Å²) in [6, 6.07) is -0.0491. The van der Waals surface area contributed by atoms with E-state index >= 15 is 0 Å². The number of ether oxygens (including phenoxy) is 1. The number of aromatic nitrogens is 3. The molecule has 0 fully saturated rings.